The Balaban J connectivity index is 1.55. The van der Waals surface area contributed by atoms with Gasteiger partial charge in [0.05, 0.1) is 6.20 Å². The third-order valence-electron chi connectivity index (χ3n) is 3.67. The highest BCUT2D eigenvalue weighted by atomic mass is 32.1. The lowest BCUT2D eigenvalue weighted by Crippen LogP contribution is -2.47. The zero-order valence-electron chi connectivity index (χ0n) is 11.7. The molecule has 6 heteroatoms. The molecule has 1 aliphatic rings. The highest BCUT2D eigenvalue weighted by molar-refractivity contribution is 7.07. The van der Waals surface area contributed by atoms with Gasteiger partial charge in [-0.1, -0.05) is 34.8 Å². The molecule has 0 saturated carbocycles. The van der Waals surface area contributed by atoms with E-state index in [1.54, 1.807) is 0 Å². The fraction of sp³-hybridized carbons (Fsp3) is 0.400. The molecule has 1 aromatic carbocycles. The van der Waals surface area contributed by atoms with Crippen molar-refractivity contribution in [2.24, 2.45) is 0 Å². The fourth-order valence-corrected chi connectivity index (χ4v) is 3.10. The average molecular weight is 302 g/mol. The van der Waals surface area contributed by atoms with Crippen molar-refractivity contribution in [1.29, 1.82) is 0 Å². The monoisotopic (exact) mass is 302 g/mol. The van der Waals surface area contributed by atoms with E-state index in [0.29, 0.717) is 4.88 Å². The van der Waals surface area contributed by atoms with Gasteiger partial charge in [0, 0.05) is 19.1 Å². The summed E-state index contributed by atoms with van der Waals surface area (Å²) in [5.74, 6) is -0.0587. The molecule has 1 N–H and O–H groups in total. The van der Waals surface area contributed by atoms with Gasteiger partial charge in [0.2, 0.25) is 0 Å². The largest absolute Gasteiger partial charge is 0.347 e. The summed E-state index contributed by atoms with van der Waals surface area (Å²) in [6.07, 6.45) is 3.66. The predicted molar refractivity (Wildman–Crippen MR) is 82.1 cm³/mol. The maximum atomic E-state index is 12.0. The number of nitrogens with zero attached hydrogens (tertiary/aromatic N) is 3. The Morgan fingerprint density at radius 2 is 2.24 bits per heavy atom. The van der Waals surface area contributed by atoms with Crippen molar-refractivity contribution in [2.75, 3.05) is 13.1 Å². The van der Waals surface area contributed by atoms with E-state index < -0.39 is 0 Å². The zero-order valence-corrected chi connectivity index (χ0v) is 12.6. The van der Waals surface area contributed by atoms with Crippen LogP contribution in [0.5, 0.6) is 0 Å². The first kappa shape index (κ1) is 14.2. The Hall–Kier alpha value is -1.79. The number of benzene rings is 1. The molecule has 2 heterocycles. The normalized spacial score (nSPS) is 19.3. The number of piperidine rings is 1. The van der Waals surface area contributed by atoms with Crippen molar-refractivity contribution in [1.82, 2.24) is 19.8 Å². The van der Waals surface area contributed by atoms with Crippen LogP contribution in [0.3, 0.4) is 0 Å². The van der Waals surface area contributed by atoms with Crippen molar-refractivity contribution in [3.63, 3.8) is 0 Å². The first-order valence-electron chi connectivity index (χ1n) is 7.16. The molecule has 3 rings (SSSR count). The van der Waals surface area contributed by atoms with Gasteiger partial charge in [-0.25, -0.2) is 0 Å². The van der Waals surface area contributed by atoms with Crippen LogP contribution in [0.4, 0.5) is 0 Å². The molecule has 1 aromatic heterocycles. The molecule has 1 saturated heterocycles. The van der Waals surface area contributed by atoms with Crippen LogP contribution in [0.25, 0.3) is 0 Å². The van der Waals surface area contributed by atoms with Crippen LogP contribution in [0.15, 0.2) is 36.5 Å². The minimum Gasteiger partial charge on any atom is -0.347 e. The minimum atomic E-state index is -0.0587. The van der Waals surface area contributed by atoms with Crippen LogP contribution in [0, 0.1) is 0 Å². The standard InChI is InChI=1S/C15H18N4OS/c20-15(14-9-16-18-21-14)17-13-7-4-8-19(11-13)10-12-5-2-1-3-6-12/h1-3,5-6,9,13H,4,7-8,10-11H2,(H,17,20). The second-order valence-corrected chi connectivity index (χ2v) is 6.10. The Kier molecular flexibility index (Phi) is 4.57. The summed E-state index contributed by atoms with van der Waals surface area (Å²) in [6, 6.07) is 10.7. The molecule has 1 fully saturated rings. The van der Waals surface area contributed by atoms with Crippen LogP contribution in [-0.4, -0.2) is 39.5 Å². The second-order valence-electron chi connectivity index (χ2n) is 5.32. The van der Waals surface area contributed by atoms with Crippen molar-refractivity contribution < 1.29 is 4.79 Å². The Morgan fingerprint density at radius 3 is 3.00 bits per heavy atom. The van der Waals surface area contributed by atoms with Gasteiger partial charge in [0.1, 0.15) is 4.88 Å². The van der Waals surface area contributed by atoms with Gasteiger partial charge < -0.3 is 5.32 Å². The first-order chi connectivity index (χ1) is 10.3. The molecule has 5 nitrogen and oxygen atoms in total. The molecule has 1 atom stereocenters. The molecule has 0 radical (unpaired) electrons. The van der Waals surface area contributed by atoms with E-state index in [4.69, 9.17) is 0 Å². The second kappa shape index (κ2) is 6.78. The smallest absolute Gasteiger partial charge is 0.264 e. The maximum absolute atomic E-state index is 12.0. The lowest BCUT2D eigenvalue weighted by atomic mass is 10.0. The summed E-state index contributed by atoms with van der Waals surface area (Å²) in [4.78, 5) is 15.0. The zero-order chi connectivity index (χ0) is 14.5. The number of nitrogens with one attached hydrogen (secondary N) is 1. The predicted octanol–water partition coefficient (Wildman–Crippen LogP) is 1.93. The fourth-order valence-electron chi connectivity index (χ4n) is 2.68. The summed E-state index contributed by atoms with van der Waals surface area (Å²) in [7, 11) is 0. The molecule has 1 amide bonds. The molecule has 21 heavy (non-hydrogen) atoms. The Bertz CT molecular complexity index is 573. The van der Waals surface area contributed by atoms with E-state index in [1.165, 1.54) is 11.8 Å². The average Bonchev–Trinajstić information content (AvgIpc) is 3.03. The van der Waals surface area contributed by atoms with Crippen LogP contribution in [-0.2, 0) is 6.54 Å². The Labute approximate surface area is 128 Å². The molecule has 0 bridgehead atoms. The Morgan fingerprint density at radius 1 is 1.38 bits per heavy atom. The topological polar surface area (TPSA) is 58.1 Å². The number of hydrogen-bond donors (Lipinski definition) is 1. The lowest BCUT2D eigenvalue weighted by molar-refractivity contribution is 0.0904. The number of aromatic nitrogens is 2. The summed E-state index contributed by atoms with van der Waals surface area (Å²) in [5, 5.41) is 6.79. The SMILES string of the molecule is O=C(NC1CCCN(Cc2ccccc2)C1)c1cnns1. The number of carbonyl (C=O) groups excluding carboxylic acids is 1. The van der Waals surface area contributed by atoms with E-state index in [-0.39, 0.29) is 11.9 Å². The van der Waals surface area contributed by atoms with Crippen molar-refractivity contribution in [3.05, 3.63) is 47.0 Å². The van der Waals surface area contributed by atoms with Gasteiger partial charge in [-0.3, -0.25) is 9.69 Å². The lowest BCUT2D eigenvalue weighted by Gasteiger charge is -2.33. The molecule has 2 aromatic rings. The third kappa shape index (κ3) is 3.86. The summed E-state index contributed by atoms with van der Waals surface area (Å²) in [6.45, 7) is 2.92. The van der Waals surface area contributed by atoms with Gasteiger partial charge in [-0.15, -0.1) is 5.10 Å². The van der Waals surface area contributed by atoms with Gasteiger partial charge in [-0.05, 0) is 36.5 Å². The number of amides is 1. The summed E-state index contributed by atoms with van der Waals surface area (Å²) in [5.41, 5.74) is 1.32. The van der Waals surface area contributed by atoms with Crippen LogP contribution in [0.1, 0.15) is 28.1 Å². The number of carbonyl (C=O) groups is 1. The van der Waals surface area contributed by atoms with E-state index in [0.717, 1.165) is 44.0 Å². The molecular formula is C15H18N4OS. The molecule has 1 unspecified atom stereocenters. The first-order valence-corrected chi connectivity index (χ1v) is 7.93. The van der Waals surface area contributed by atoms with E-state index in [2.05, 4.69) is 44.1 Å². The van der Waals surface area contributed by atoms with Gasteiger partial charge >= 0.3 is 0 Å². The highest BCUT2D eigenvalue weighted by Gasteiger charge is 2.22. The van der Waals surface area contributed by atoms with Crippen molar-refractivity contribution >= 4 is 17.4 Å². The number of hydrogen-bond acceptors (Lipinski definition) is 5. The third-order valence-corrected chi connectivity index (χ3v) is 4.34. The van der Waals surface area contributed by atoms with E-state index >= 15 is 0 Å². The van der Waals surface area contributed by atoms with E-state index in [1.807, 2.05) is 6.07 Å². The molecule has 0 spiro atoms. The molecular weight excluding hydrogens is 284 g/mol. The van der Waals surface area contributed by atoms with Gasteiger partial charge in [-0.2, -0.15) is 0 Å². The number of rotatable bonds is 4. The molecule has 1 aliphatic heterocycles. The summed E-state index contributed by atoms with van der Waals surface area (Å²) < 4.78 is 3.73. The van der Waals surface area contributed by atoms with Crippen molar-refractivity contribution in [3.8, 4) is 0 Å². The maximum Gasteiger partial charge on any atom is 0.264 e. The molecule has 110 valence electrons. The quantitative estimate of drug-likeness (QED) is 0.937. The van der Waals surface area contributed by atoms with E-state index in [9.17, 15) is 4.79 Å². The molecule has 0 aliphatic carbocycles. The van der Waals surface area contributed by atoms with Crippen LogP contribution < -0.4 is 5.32 Å². The highest BCUT2D eigenvalue weighted by Crippen LogP contribution is 2.14. The van der Waals surface area contributed by atoms with Crippen molar-refractivity contribution in [2.45, 2.75) is 25.4 Å². The van der Waals surface area contributed by atoms with Gasteiger partial charge in [0.15, 0.2) is 0 Å². The van der Waals surface area contributed by atoms with Crippen LogP contribution >= 0.6 is 11.5 Å². The minimum absolute atomic E-state index is 0.0587. The number of likely N-dealkylation sites (tertiary alicyclic amines) is 1. The van der Waals surface area contributed by atoms with Crippen LogP contribution in [0.2, 0.25) is 0 Å². The summed E-state index contributed by atoms with van der Waals surface area (Å²) >= 11 is 1.14. The van der Waals surface area contributed by atoms with Gasteiger partial charge in [0.25, 0.3) is 5.91 Å².